The van der Waals surface area contributed by atoms with Gasteiger partial charge in [0.25, 0.3) is 0 Å². The zero-order valence-electron chi connectivity index (χ0n) is 7.73. The summed E-state index contributed by atoms with van der Waals surface area (Å²) < 4.78 is 7.86. The molecule has 0 amide bonds. The fraction of sp³-hybridized carbons (Fsp3) is 1.00. The van der Waals surface area contributed by atoms with E-state index in [-0.39, 0.29) is 36.3 Å². The Morgan fingerprint density at radius 2 is 1.08 bits per heavy atom. The SMILES string of the molecule is CCOC([O-])[O-].CCOC([O-])[O-].[Mg+2]. The van der Waals surface area contributed by atoms with Crippen LogP contribution in [0.4, 0.5) is 0 Å². The molecule has 0 radical (unpaired) electrons. The maximum Gasteiger partial charge on any atom is 2.00 e. The van der Waals surface area contributed by atoms with E-state index in [1.807, 2.05) is 0 Å². The van der Waals surface area contributed by atoms with Gasteiger partial charge in [0.1, 0.15) is 0 Å². The molecule has 0 bridgehead atoms. The van der Waals surface area contributed by atoms with Crippen LogP contribution < -0.4 is 20.4 Å². The summed E-state index contributed by atoms with van der Waals surface area (Å²) in [6, 6.07) is 0. The van der Waals surface area contributed by atoms with Crippen LogP contribution in [-0.2, 0) is 9.47 Å². The summed E-state index contributed by atoms with van der Waals surface area (Å²) in [5.74, 6) is 0. The summed E-state index contributed by atoms with van der Waals surface area (Å²) in [6.45, 7) is -0.592. The molecule has 0 atom stereocenters. The van der Waals surface area contributed by atoms with Gasteiger partial charge in [-0.25, -0.2) is 0 Å². The topological polar surface area (TPSA) is 111 Å². The van der Waals surface area contributed by atoms with E-state index in [4.69, 9.17) is 0 Å². The summed E-state index contributed by atoms with van der Waals surface area (Å²) >= 11 is 0. The molecule has 7 heteroatoms. The van der Waals surface area contributed by atoms with Gasteiger partial charge in [-0.05, 0) is 13.8 Å². The zero-order valence-corrected chi connectivity index (χ0v) is 9.14. The van der Waals surface area contributed by atoms with Crippen LogP contribution in [0.15, 0.2) is 0 Å². The number of ether oxygens (including phenoxy) is 2. The van der Waals surface area contributed by atoms with E-state index in [1.54, 1.807) is 13.8 Å². The van der Waals surface area contributed by atoms with Gasteiger partial charge in [0.15, 0.2) is 0 Å². The van der Waals surface area contributed by atoms with Crippen molar-refractivity contribution in [3.05, 3.63) is 0 Å². The minimum Gasteiger partial charge on any atom is -0.845 e. The minimum atomic E-state index is -2.10. The number of hydrogen-bond donors (Lipinski definition) is 0. The fourth-order valence-corrected chi connectivity index (χ4v) is 0.272. The molecular formula is C6H12MgO6-2. The molecule has 0 aromatic carbocycles. The van der Waals surface area contributed by atoms with E-state index in [1.165, 1.54) is 0 Å². The molecule has 0 heterocycles. The molecule has 76 valence electrons. The average Bonchev–Trinajstić information content (AvgIpc) is 1.87. The third-order valence-electron chi connectivity index (χ3n) is 0.605. The van der Waals surface area contributed by atoms with Gasteiger partial charge in [-0.1, -0.05) is 0 Å². The molecule has 6 nitrogen and oxygen atoms in total. The van der Waals surface area contributed by atoms with Gasteiger partial charge in [0.05, 0.1) is 0 Å². The van der Waals surface area contributed by atoms with E-state index in [9.17, 15) is 20.4 Å². The van der Waals surface area contributed by atoms with Gasteiger partial charge in [0.2, 0.25) is 0 Å². The zero-order chi connectivity index (χ0) is 9.98. The van der Waals surface area contributed by atoms with E-state index < -0.39 is 13.0 Å². The van der Waals surface area contributed by atoms with Gasteiger partial charge >= 0.3 is 23.1 Å². The van der Waals surface area contributed by atoms with Crippen molar-refractivity contribution in [2.75, 3.05) is 13.2 Å². The van der Waals surface area contributed by atoms with Crippen molar-refractivity contribution in [3.63, 3.8) is 0 Å². The first-order valence-corrected chi connectivity index (χ1v) is 3.41. The smallest absolute Gasteiger partial charge is 0.845 e. The van der Waals surface area contributed by atoms with Crippen molar-refractivity contribution in [1.82, 2.24) is 0 Å². The second kappa shape index (κ2) is 15.0. The fourth-order valence-electron chi connectivity index (χ4n) is 0.272. The predicted octanol–water partition coefficient (Wildman–Crippen LogP) is -4.33. The standard InChI is InChI=1S/2C3H6O3.Mg/c2*1-2-6-3(4)5;/h2*3H,2H2,1H3;/q2*-2;+2. The van der Waals surface area contributed by atoms with Crippen LogP contribution in [0.1, 0.15) is 13.8 Å². The third kappa shape index (κ3) is 32.6. The Morgan fingerprint density at radius 3 is 1.08 bits per heavy atom. The molecule has 0 fully saturated rings. The maximum absolute atomic E-state index is 9.35. The molecule has 0 saturated carbocycles. The second-order valence-electron chi connectivity index (χ2n) is 1.49. The first kappa shape index (κ1) is 19.2. The summed E-state index contributed by atoms with van der Waals surface area (Å²) in [5, 5.41) is 37.4. The normalized spacial score (nSPS) is 9.23. The molecule has 0 saturated heterocycles. The van der Waals surface area contributed by atoms with Gasteiger partial charge in [-0.15, -0.1) is 13.0 Å². The van der Waals surface area contributed by atoms with Crippen LogP contribution in [-0.4, -0.2) is 49.2 Å². The van der Waals surface area contributed by atoms with Crippen molar-refractivity contribution < 1.29 is 29.9 Å². The van der Waals surface area contributed by atoms with E-state index >= 15 is 0 Å². The average molecular weight is 204 g/mol. The van der Waals surface area contributed by atoms with Crippen molar-refractivity contribution in [2.24, 2.45) is 0 Å². The molecule has 0 aromatic rings. The van der Waals surface area contributed by atoms with Crippen molar-refractivity contribution in [3.8, 4) is 0 Å². The first-order valence-electron chi connectivity index (χ1n) is 3.41. The van der Waals surface area contributed by atoms with Crippen LogP contribution in [0.25, 0.3) is 0 Å². The van der Waals surface area contributed by atoms with Gasteiger partial charge < -0.3 is 29.9 Å². The molecule has 0 unspecified atom stereocenters. The van der Waals surface area contributed by atoms with Crippen molar-refractivity contribution in [1.29, 1.82) is 0 Å². The Kier molecular flexibility index (Phi) is 22.1. The van der Waals surface area contributed by atoms with E-state index in [2.05, 4.69) is 9.47 Å². The molecule has 0 rings (SSSR count). The predicted molar refractivity (Wildman–Crippen MR) is 36.6 cm³/mol. The summed E-state index contributed by atoms with van der Waals surface area (Å²) in [5.41, 5.74) is 0. The van der Waals surface area contributed by atoms with Crippen LogP contribution in [0.3, 0.4) is 0 Å². The van der Waals surface area contributed by atoms with Crippen LogP contribution >= 0.6 is 0 Å². The summed E-state index contributed by atoms with van der Waals surface area (Å²) in [7, 11) is 0. The van der Waals surface area contributed by atoms with E-state index in [0.29, 0.717) is 0 Å². The quantitative estimate of drug-likeness (QED) is 0.338. The molecule has 0 aromatic heterocycles. The number of rotatable bonds is 4. The van der Waals surface area contributed by atoms with E-state index in [0.717, 1.165) is 0 Å². The molecule has 0 spiro atoms. The molecule has 0 aliphatic rings. The van der Waals surface area contributed by atoms with Gasteiger partial charge in [-0.3, -0.25) is 0 Å². The summed E-state index contributed by atoms with van der Waals surface area (Å²) in [4.78, 5) is 0. The largest absolute Gasteiger partial charge is 2.00 e. The molecular weight excluding hydrogens is 192 g/mol. The second-order valence-corrected chi connectivity index (χ2v) is 1.49. The minimum absolute atomic E-state index is 0. The maximum atomic E-state index is 9.35. The van der Waals surface area contributed by atoms with Gasteiger partial charge in [-0.2, -0.15) is 0 Å². The molecule has 0 aliphatic carbocycles. The van der Waals surface area contributed by atoms with Crippen LogP contribution in [0, 0.1) is 0 Å². The van der Waals surface area contributed by atoms with Crippen molar-refractivity contribution in [2.45, 2.75) is 26.8 Å². The van der Waals surface area contributed by atoms with Gasteiger partial charge in [0, 0.05) is 13.2 Å². The Hall–Kier alpha value is 0.526. The number of hydrogen-bond acceptors (Lipinski definition) is 6. The molecule has 0 N–H and O–H groups in total. The Morgan fingerprint density at radius 1 is 0.846 bits per heavy atom. The Balaban J connectivity index is -0.000000143. The third-order valence-corrected chi connectivity index (χ3v) is 0.605. The molecule has 0 aliphatic heterocycles. The molecule has 13 heavy (non-hydrogen) atoms. The summed E-state index contributed by atoms with van der Waals surface area (Å²) in [6.07, 6.45) is 0. The Bertz CT molecular complexity index is 69.5. The van der Waals surface area contributed by atoms with Crippen molar-refractivity contribution >= 4 is 23.1 Å². The van der Waals surface area contributed by atoms with Crippen LogP contribution in [0.2, 0.25) is 0 Å². The van der Waals surface area contributed by atoms with Crippen LogP contribution in [0.5, 0.6) is 0 Å². The Labute approximate surface area is 93.2 Å². The first-order chi connectivity index (χ1) is 5.54. The monoisotopic (exact) mass is 204 g/mol.